The first-order valence-corrected chi connectivity index (χ1v) is 8.32. The molecule has 22 heavy (non-hydrogen) atoms. The summed E-state index contributed by atoms with van der Waals surface area (Å²) in [6, 6.07) is 18.9. The van der Waals surface area contributed by atoms with Gasteiger partial charge in [-0.1, -0.05) is 54.1 Å². The third-order valence-electron chi connectivity index (χ3n) is 4.27. The first-order valence-electron chi connectivity index (χ1n) is 7.94. The van der Waals surface area contributed by atoms with Crippen LogP contribution < -0.4 is 5.32 Å². The van der Waals surface area contributed by atoms with Crippen molar-refractivity contribution in [3.8, 4) is 0 Å². The molecule has 0 radical (unpaired) electrons. The van der Waals surface area contributed by atoms with Gasteiger partial charge in [0.05, 0.1) is 6.04 Å². The van der Waals surface area contributed by atoms with Crippen LogP contribution in [0.1, 0.15) is 30.0 Å². The van der Waals surface area contributed by atoms with E-state index in [9.17, 15) is 0 Å². The van der Waals surface area contributed by atoms with Crippen LogP contribution in [0.2, 0.25) is 5.02 Å². The van der Waals surface area contributed by atoms with Crippen LogP contribution in [0.4, 0.5) is 0 Å². The van der Waals surface area contributed by atoms with Gasteiger partial charge in [-0.15, -0.1) is 0 Å². The summed E-state index contributed by atoms with van der Waals surface area (Å²) in [5.74, 6) is 0.694. The average molecular weight is 316 g/mol. The normalized spacial score (nSPS) is 17.3. The smallest absolute Gasteiger partial charge is 0.0577 e. The molecule has 1 N–H and O–H groups in total. The zero-order valence-electron chi connectivity index (χ0n) is 12.7. The third-order valence-corrected chi connectivity index (χ3v) is 4.50. The standard InChI is InChI=1S/C19H22ClNO/c20-18-8-4-7-17(13-18)19(16-5-2-1-3-6-16)21-14-15-9-11-22-12-10-15/h1-8,13,15,19,21H,9-12,14H2. The topological polar surface area (TPSA) is 21.3 Å². The Hall–Kier alpha value is -1.35. The minimum Gasteiger partial charge on any atom is -0.381 e. The molecule has 1 aliphatic heterocycles. The van der Waals surface area contributed by atoms with E-state index in [-0.39, 0.29) is 6.04 Å². The van der Waals surface area contributed by atoms with Gasteiger partial charge < -0.3 is 10.1 Å². The molecular weight excluding hydrogens is 294 g/mol. The van der Waals surface area contributed by atoms with Crippen molar-refractivity contribution in [2.45, 2.75) is 18.9 Å². The fourth-order valence-corrected chi connectivity index (χ4v) is 3.19. The fraction of sp³-hybridized carbons (Fsp3) is 0.368. The lowest BCUT2D eigenvalue weighted by molar-refractivity contribution is 0.0658. The summed E-state index contributed by atoms with van der Waals surface area (Å²) in [5.41, 5.74) is 2.49. The molecule has 1 fully saturated rings. The summed E-state index contributed by atoms with van der Waals surface area (Å²) >= 11 is 6.18. The molecule has 2 aromatic rings. The lowest BCUT2D eigenvalue weighted by atomic mass is 9.96. The molecule has 3 rings (SSSR count). The quantitative estimate of drug-likeness (QED) is 0.880. The predicted octanol–water partition coefficient (Wildman–Crippen LogP) is 4.45. The van der Waals surface area contributed by atoms with Crippen molar-refractivity contribution in [3.05, 3.63) is 70.7 Å². The molecule has 0 saturated carbocycles. The zero-order chi connectivity index (χ0) is 15.2. The van der Waals surface area contributed by atoms with E-state index in [0.29, 0.717) is 5.92 Å². The second kappa shape index (κ2) is 7.77. The SMILES string of the molecule is Clc1cccc(C(NCC2CCOCC2)c2ccccc2)c1. The predicted molar refractivity (Wildman–Crippen MR) is 91.3 cm³/mol. The van der Waals surface area contributed by atoms with Crippen LogP contribution in [-0.4, -0.2) is 19.8 Å². The van der Waals surface area contributed by atoms with E-state index in [4.69, 9.17) is 16.3 Å². The van der Waals surface area contributed by atoms with Crippen LogP contribution in [0.3, 0.4) is 0 Å². The number of ether oxygens (including phenoxy) is 1. The minimum atomic E-state index is 0.183. The zero-order valence-corrected chi connectivity index (χ0v) is 13.4. The Labute approximate surface area is 137 Å². The van der Waals surface area contributed by atoms with Crippen molar-refractivity contribution in [2.75, 3.05) is 19.8 Å². The van der Waals surface area contributed by atoms with E-state index in [0.717, 1.165) is 37.6 Å². The molecule has 116 valence electrons. The summed E-state index contributed by atoms with van der Waals surface area (Å²) < 4.78 is 5.45. The second-order valence-corrected chi connectivity index (χ2v) is 6.30. The number of benzene rings is 2. The van der Waals surface area contributed by atoms with Gasteiger partial charge in [0.1, 0.15) is 0 Å². The number of rotatable bonds is 5. The summed E-state index contributed by atoms with van der Waals surface area (Å²) in [4.78, 5) is 0. The van der Waals surface area contributed by atoms with E-state index in [1.165, 1.54) is 11.1 Å². The van der Waals surface area contributed by atoms with Crippen molar-refractivity contribution in [2.24, 2.45) is 5.92 Å². The Morgan fingerprint density at radius 1 is 1.00 bits per heavy atom. The molecule has 0 aliphatic carbocycles. The van der Waals surface area contributed by atoms with Crippen molar-refractivity contribution < 1.29 is 4.74 Å². The number of halogens is 1. The number of hydrogen-bond acceptors (Lipinski definition) is 2. The van der Waals surface area contributed by atoms with Crippen molar-refractivity contribution in [3.63, 3.8) is 0 Å². The van der Waals surface area contributed by atoms with Crippen molar-refractivity contribution in [1.82, 2.24) is 5.32 Å². The molecule has 1 unspecified atom stereocenters. The van der Waals surface area contributed by atoms with Gasteiger partial charge in [0.25, 0.3) is 0 Å². The van der Waals surface area contributed by atoms with Gasteiger partial charge in [-0.05, 0) is 48.6 Å². The molecule has 1 aliphatic rings. The highest BCUT2D eigenvalue weighted by molar-refractivity contribution is 6.30. The maximum Gasteiger partial charge on any atom is 0.0577 e. The summed E-state index contributed by atoms with van der Waals surface area (Å²) in [7, 11) is 0. The molecule has 3 heteroatoms. The lowest BCUT2D eigenvalue weighted by Gasteiger charge is -2.26. The lowest BCUT2D eigenvalue weighted by Crippen LogP contribution is -2.31. The van der Waals surface area contributed by atoms with Gasteiger partial charge in [-0.3, -0.25) is 0 Å². The van der Waals surface area contributed by atoms with E-state index in [1.54, 1.807) is 0 Å². The Morgan fingerprint density at radius 2 is 1.73 bits per heavy atom. The number of nitrogens with one attached hydrogen (secondary N) is 1. The van der Waals surface area contributed by atoms with Crippen LogP contribution in [0.25, 0.3) is 0 Å². The summed E-state index contributed by atoms with van der Waals surface area (Å²) in [6.45, 7) is 2.79. The van der Waals surface area contributed by atoms with Crippen molar-refractivity contribution in [1.29, 1.82) is 0 Å². The van der Waals surface area contributed by atoms with E-state index < -0.39 is 0 Å². The van der Waals surface area contributed by atoms with Gasteiger partial charge in [0, 0.05) is 18.2 Å². The highest BCUT2D eigenvalue weighted by atomic mass is 35.5. The van der Waals surface area contributed by atoms with Crippen LogP contribution in [0, 0.1) is 5.92 Å². The number of hydrogen-bond donors (Lipinski definition) is 1. The largest absolute Gasteiger partial charge is 0.381 e. The maximum absolute atomic E-state index is 6.18. The third kappa shape index (κ3) is 4.10. The monoisotopic (exact) mass is 315 g/mol. The molecule has 2 aromatic carbocycles. The van der Waals surface area contributed by atoms with Crippen LogP contribution in [0.5, 0.6) is 0 Å². The maximum atomic E-state index is 6.18. The first kappa shape index (κ1) is 15.5. The first-order chi connectivity index (χ1) is 10.8. The molecule has 1 heterocycles. The molecule has 0 bridgehead atoms. The minimum absolute atomic E-state index is 0.183. The Bertz CT molecular complexity index is 581. The van der Waals surface area contributed by atoms with Gasteiger partial charge in [-0.2, -0.15) is 0 Å². The highest BCUT2D eigenvalue weighted by Gasteiger charge is 2.18. The van der Waals surface area contributed by atoms with Crippen LogP contribution >= 0.6 is 11.6 Å². The van der Waals surface area contributed by atoms with Gasteiger partial charge in [-0.25, -0.2) is 0 Å². The molecular formula is C19H22ClNO. The van der Waals surface area contributed by atoms with E-state index in [1.807, 2.05) is 12.1 Å². The van der Waals surface area contributed by atoms with Crippen LogP contribution in [-0.2, 0) is 4.74 Å². The Kier molecular flexibility index (Phi) is 5.49. The molecule has 1 saturated heterocycles. The van der Waals surface area contributed by atoms with Crippen LogP contribution in [0.15, 0.2) is 54.6 Å². The molecule has 0 amide bonds. The Balaban J connectivity index is 1.77. The molecule has 0 aromatic heterocycles. The van der Waals surface area contributed by atoms with E-state index >= 15 is 0 Å². The van der Waals surface area contributed by atoms with Gasteiger partial charge in [0.2, 0.25) is 0 Å². The molecule has 1 atom stereocenters. The fourth-order valence-electron chi connectivity index (χ4n) is 2.99. The van der Waals surface area contributed by atoms with Crippen molar-refractivity contribution >= 4 is 11.6 Å². The van der Waals surface area contributed by atoms with Gasteiger partial charge >= 0.3 is 0 Å². The summed E-state index contributed by atoms with van der Waals surface area (Å²) in [5, 5.41) is 4.52. The Morgan fingerprint density at radius 3 is 2.45 bits per heavy atom. The summed E-state index contributed by atoms with van der Waals surface area (Å²) in [6.07, 6.45) is 2.29. The molecule has 2 nitrogen and oxygen atoms in total. The average Bonchev–Trinajstić information content (AvgIpc) is 2.57. The second-order valence-electron chi connectivity index (χ2n) is 5.86. The van der Waals surface area contributed by atoms with Gasteiger partial charge in [0.15, 0.2) is 0 Å². The highest BCUT2D eigenvalue weighted by Crippen LogP contribution is 2.25. The molecule has 0 spiro atoms. The van der Waals surface area contributed by atoms with E-state index in [2.05, 4.69) is 47.8 Å².